The molecule has 1 aliphatic rings. The zero-order chi connectivity index (χ0) is 16.3. The third kappa shape index (κ3) is 3.33. The van der Waals surface area contributed by atoms with Crippen molar-refractivity contribution in [2.24, 2.45) is 10.2 Å². The van der Waals surface area contributed by atoms with Crippen LogP contribution in [0, 0.1) is 0 Å². The SMILES string of the molecule is Oc1ccccc1N=N[C@@]1(Cl)C=C(c2ccccc2)C=C[C@@H]1O. The van der Waals surface area contributed by atoms with Gasteiger partial charge in [0.15, 0.2) is 0 Å². The molecule has 2 N–H and O–H groups in total. The molecule has 2 atom stereocenters. The molecule has 0 amide bonds. The molecule has 1 aliphatic carbocycles. The summed E-state index contributed by atoms with van der Waals surface area (Å²) in [4.78, 5) is -1.41. The number of aliphatic hydroxyl groups is 1. The number of rotatable bonds is 3. The Balaban J connectivity index is 1.94. The van der Waals surface area contributed by atoms with E-state index in [4.69, 9.17) is 11.6 Å². The number of aromatic hydroxyl groups is 1. The fourth-order valence-electron chi connectivity index (χ4n) is 2.26. The molecule has 116 valence electrons. The summed E-state index contributed by atoms with van der Waals surface area (Å²) in [6.45, 7) is 0. The first-order valence-electron chi connectivity index (χ1n) is 7.13. The number of alkyl halides is 1. The van der Waals surface area contributed by atoms with Gasteiger partial charge in [-0.25, -0.2) is 0 Å². The van der Waals surface area contributed by atoms with Crippen LogP contribution in [0.4, 0.5) is 5.69 Å². The highest BCUT2D eigenvalue weighted by molar-refractivity contribution is 6.26. The highest BCUT2D eigenvalue weighted by atomic mass is 35.5. The number of benzene rings is 2. The van der Waals surface area contributed by atoms with Crippen LogP contribution in [0.1, 0.15) is 5.56 Å². The van der Waals surface area contributed by atoms with E-state index in [-0.39, 0.29) is 5.75 Å². The van der Waals surface area contributed by atoms with E-state index < -0.39 is 11.1 Å². The van der Waals surface area contributed by atoms with Crippen LogP contribution in [0.2, 0.25) is 0 Å². The molecule has 0 bridgehead atoms. The van der Waals surface area contributed by atoms with E-state index >= 15 is 0 Å². The van der Waals surface area contributed by atoms with Crippen molar-refractivity contribution in [2.45, 2.75) is 11.1 Å². The number of phenolic OH excluding ortho intramolecular Hbond substituents is 1. The second-order valence-electron chi connectivity index (χ2n) is 5.19. The lowest BCUT2D eigenvalue weighted by atomic mass is 9.95. The largest absolute Gasteiger partial charge is 0.506 e. The molecule has 0 fully saturated rings. The molecule has 3 rings (SSSR count). The Labute approximate surface area is 139 Å². The number of aliphatic hydroxyl groups excluding tert-OH is 1. The van der Waals surface area contributed by atoms with Crippen molar-refractivity contribution in [3.8, 4) is 5.75 Å². The quantitative estimate of drug-likeness (QED) is 0.498. The summed E-state index contributed by atoms with van der Waals surface area (Å²) < 4.78 is 0. The Hall–Kier alpha value is -2.43. The molecule has 2 aromatic rings. The average molecular weight is 327 g/mol. The van der Waals surface area contributed by atoms with Crippen LogP contribution in [-0.4, -0.2) is 21.3 Å². The van der Waals surface area contributed by atoms with Gasteiger partial charge in [-0.15, -0.1) is 5.11 Å². The normalized spacial score (nSPS) is 23.9. The van der Waals surface area contributed by atoms with E-state index in [1.165, 1.54) is 6.07 Å². The van der Waals surface area contributed by atoms with E-state index in [0.29, 0.717) is 5.69 Å². The van der Waals surface area contributed by atoms with Crippen molar-refractivity contribution in [2.75, 3.05) is 0 Å². The van der Waals surface area contributed by atoms with Crippen molar-refractivity contribution in [1.82, 2.24) is 0 Å². The van der Waals surface area contributed by atoms with Crippen LogP contribution in [0.15, 0.2) is 83.1 Å². The van der Waals surface area contributed by atoms with Gasteiger partial charge >= 0.3 is 0 Å². The van der Waals surface area contributed by atoms with Crippen LogP contribution in [0.5, 0.6) is 5.75 Å². The topological polar surface area (TPSA) is 65.2 Å². The van der Waals surface area contributed by atoms with Gasteiger partial charge in [0.1, 0.15) is 17.5 Å². The second kappa shape index (κ2) is 6.36. The number of nitrogens with zero attached hydrogens (tertiary/aromatic N) is 2. The highest BCUT2D eigenvalue weighted by Crippen LogP contribution is 2.36. The number of halogens is 1. The van der Waals surface area contributed by atoms with E-state index in [2.05, 4.69) is 10.2 Å². The van der Waals surface area contributed by atoms with Crippen LogP contribution in [-0.2, 0) is 0 Å². The molecule has 23 heavy (non-hydrogen) atoms. The van der Waals surface area contributed by atoms with Crippen molar-refractivity contribution in [3.05, 3.63) is 78.4 Å². The van der Waals surface area contributed by atoms with E-state index in [1.807, 2.05) is 30.3 Å². The number of phenols is 1. The van der Waals surface area contributed by atoms with Gasteiger partial charge in [0.05, 0.1) is 0 Å². The van der Waals surface area contributed by atoms with E-state index in [9.17, 15) is 10.2 Å². The van der Waals surface area contributed by atoms with Gasteiger partial charge in [-0.3, -0.25) is 0 Å². The molecule has 5 heteroatoms. The zero-order valence-corrected chi connectivity index (χ0v) is 12.9. The van der Waals surface area contributed by atoms with Crippen molar-refractivity contribution >= 4 is 22.9 Å². The van der Waals surface area contributed by atoms with Gasteiger partial charge in [0, 0.05) is 0 Å². The molecular formula is C18H15ClN2O2. The molecule has 0 saturated heterocycles. The molecule has 0 spiro atoms. The lowest BCUT2D eigenvalue weighted by Gasteiger charge is -2.26. The van der Waals surface area contributed by atoms with Gasteiger partial charge in [0.2, 0.25) is 5.00 Å². The first-order valence-corrected chi connectivity index (χ1v) is 7.51. The van der Waals surface area contributed by atoms with E-state index in [0.717, 1.165) is 11.1 Å². The van der Waals surface area contributed by atoms with Gasteiger partial charge in [-0.2, -0.15) is 5.11 Å². The second-order valence-corrected chi connectivity index (χ2v) is 5.79. The predicted octanol–water partition coefficient (Wildman–Crippen LogP) is 4.43. The first kappa shape index (κ1) is 15.5. The lowest BCUT2D eigenvalue weighted by Crippen LogP contribution is -2.33. The van der Waals surface area contributed by atoms with Crippen LogP contribution >= 0.6 is 11.6 Å². The molecule has 0 radical (unpaired) electrons. The van der Waals surface area contributed by atoms with Gasteiger partial charge in [0.25, 0.3) is 0 Å². The molecule has 0 unspecified atom stereocenters. The van der Waals surface area contributed by atoms with Gasteiger partial charge in [-0.05, 0) is 29.3 Å². The summed E-state index contributed by atoms with van der Waals surface area (Å²) in [5.41, 5.74) is 2.12. The van der Waals surface area contributed by atoms with Crippen LogP contribution in [0.25, 0.3) is 5.57 Å². The van der Waals surface area contributed by atoms with Crippen molar-refractivity contribution < 1.29 is 10.2 Å². The van der Waals surface area contributed by atoms with Gasteiger partial charge < -0.3 is 10.2 Å². The maximum atomic E-state index is 10.2. The van der Waals surface area contributed by atoms with Gasteiger partial charge in [-0.1, -0.05) is 66.2 Å². The first-order chi connectivity index (χ1) is 11.1. The summed E-state index contributed by atoms with van der Waals surface area (Å²) in [7, 11) is 0. The molecule has 0 saturated carbocycles. The molecule has 2 aromatic carbocycles. The fourth-order valence-corrected chi connectivity index (χ4v) is 2.49. The lowest BCUT2D eigenvalue weighted by molar-refractivity contribution is 0.189. The highest BCUT2D eigenvalue weighted by Gasteiger charge is 2.35. The minimum atomic E-state index is -1.41. The molecular weight excluding hydrogens is 312 g/mol. The summed E-state index contributed by atoms with van der Waals surface area (Å²) in [6.07, 6.45) is 4.04. The van der Waals surface area contributed by atoms with Crippen LogP contribution < -0.4 is 0 Å². The summed E-state index contributed by atoms with van der Waals surface area (Å²) in [5.74, 6) is 0.00428. The predicted molar refractivity (Wildman–Crippen MR) is 90.8 cm³/mol. The Bertz CT molecular complexity index is 787. The standard InChI is InChI=1S/C18H15ClN2O2/c19-18(21-20-15-8-4-5-9-16(15)22)12-14(10-11-17(18)23)13-6-2-1-3-7-13/h1-12,17,22-23H/t17-,18-/m0/s1. The third-order valence-corrected chi connectivity index (χ3v) is 3.94. The molecule has 0 heterocycles. The minimum absolute atomic E-state index is 0.00428. The summed E-state index contributed by atoms with van der Waals surface area (Å²) in [5, 5.41) is 27.9. The number of allylic oxidation sites excluding steroid dienone is 2. The maximum Gasteiger partial charge on any atom is 0.203 e. The Kier molecular flexibility index (Phi) is 4.28. The number of azo groups is 1. The zero-order valence-electron chi connectivity index (χ0n) is 12.2. The Morgan fingerprint density at radius 2 is 1.70 bits per heavy atom. The summed E-state index contributed by atoms with van der Waals surface area (Å²) >= 11 is 6.45. The van der Waals surface area contributed by atoms with Crippen molar-refractivity contribution in [1.29, 1.82) is 0 Å². The number of hydrogen-bond acceptors (Lipinski definition) is 4. The molecule has 0 aliphatic heterocycles. The number of para-hydroxylation sites is 1. The minimum Gasteiger partial charge on any atom is -0.506 e. The van der Waals surface area contributed by atoms with Crippen molar-refractivity contribution in [3.63, 3.8) is 0 Å². The fraction of sp³-hybridized carbons (Fsp3) is 0.111. The Morgan fingerprint density at radius 3 is 2.43 bits per heavy atom. The van der Waals surface area contributed by atoms with Crippen LogP contribution in [0.3, 0.4) is 0 Å². The third-order valence-electron chi connectivity index (χ3n) is 3.53. The number of hydrogen-bond donors (Lipinski definition) is 2. The maximum absolute atomic E-state index is 10.2. The smallest absolute Gasteiger partial charge is 0.203 e. The monoisotopic (exact) mass is 326 g/mol. The van der Waals surface area contributed by atoms with E-state index in [1.54, 1.807) is 36.4 Å². The summed E-state index contributed by atoms with van der Waals surface area (Å²) in [6, 6.07) is 16.2. The molecule has 0 aromatic heterocycles. The molecule has 4 nitrogen and oxygen atoms in total. The Morgan fingerprint density at radius 1 is 1.00 bits per heavy atom. The average Bonchev–Trinajstić information content (AvgIpc) is 2.58.